The minimum Gasteiger partial charge on any atom is -0.320 e. The standard InChI is InChI=1S/C19H17N3O3.C18H17N3O2.C17H14BrN3O2.C15H11BrN2O2S/c1-11(23)10-12-6-7-14-13-4-2-3-5-15(13)22(18(14)20-12)16-8-9-17(24)21-19(16)25;1-2-11-7-8-13-12-5-3-4-6-14(12)21(17(13)19-11)15-9-10-16(22)20-18(15)23;1-9-2-4-11-12-8-10(18)3-5-13(12)21(16(11)19-9)14-6-7-15(22)20-17(14)23;16-9-7-21-15-13(9)8-3-1-2-4-10(8)18(15)11-5-6-12(19)17-14(11)20/h2-7,16H,8-10H2,1H3,(H,21,24,25);3-8,15H,2,9-10H2,1H3,(H,20,22,23);2-5,8,14H,6-7H2,1H3,(H,20,22,23);1-4,7,11H,5-6H2,(H,17,19,20). The van der Waals surface area contributed by atoms with Crippen molar-refractivity contribution >= 4 is 183 Å². The van der Waals surface area contributed by atoms with Crippen LogP contribution in [0.1, 0.15) is 106 Å². The van der Waals surface area contributed by atoms with Crippen LogP contribution in [-0.4, -0.2) is 86.3 Å². The molecule has 4 aliphatic rings. The number of Topliss-reactive ketones (excluding diaryl/α,β-unsaturated/α-hetero) is 1. The van der Waals surface area contributed by atoms with Crippen molar-refractivity contribution in [3.05, 3.63) is 159 Å². The average molecular weight is 1380 g/mol. The monoisotopic (exact) mass is 1380 g/mol. The van der Waals surface area contributed by atoms with Crippen molar-refractivity contribution in [3.63, 3.8) is 0 Å². The third kappa shape index (κ3) is 11.5. The van der Waals surface area contributed by atoms with Crippen molar-refractivity contribution < 1.29 is 43.2 Å². The first kappa shape index (κ1) is 61.3. The maximum Gasteiger partial charge on any atom is 0.249 e. The molecule has 0 saturated carbocycles. The lowest BCUT2D eigenvalue weighted by Crippen LogP contribution is -2.41. The summed E-state index contributed by atoms with van der Waals surface area (Å²) in [7, 11) is 0. The van der Waals surface area contributed by atoms with Crippen LogP contribution < -0.4 is 21.3 Å². The first-order valence-corrected chi connectivity index (χ1v) is 32.7. The molecular weight excluding hydrogens is 1320 g/mol. The van der Waals surface area contributed by atoms with Gasteiger partial charge in [0.2, 0.25) is 47.3 Å². The molecule has 0 spiro atoms. The molecule has 12 aromatic rings. The first-order chi connectivity index (χ1) is 44.4. The summed E-state index contributed by atoms with van der Waals surface area (Å²) in [4.78, 5) is 122. The highest BCUT2D eigenvalue weighted by atomic mass is 79.9. The molecule has 4 aliphatic heterocycles. The number of carbonyl (C=O) groups is 9. The van der Waals surface area contributed by atoms with Crippen molar-refractivity contribution in [2.24, 2.45) is 0 Å². The van der Waals surface area contributed by atoms with Gasteiger partial charge in [-0.1, -0.05) is 77.5 Å². The van der Waals surface area contributed by atoms with Crippen LogP contribution in [0.15, 0.2) is 142 Å². The predicted octanol–water partition coefficient (Wildman–Crippen LogP) is 11.9. The molecule has 16 rings (SSSR count). The Morgan fingerprint density at radius 1 is 0.478 bits per heavy atom. The molecule has 8 aromatic heterocycles. The van der Waals surface area contributed by atoms with Gasteiger partial charge >= 0.3 is 0 Å². The van der Waals surface area contributed by atoms with Gasteiger partial charge < -0.3 is 18.3 Å². The van der Waals surface area contributed by atoms with Crippen LogP contribution in [0.4, 0.5) is 0 Å². The summed E-state index contributed by atoms with van der Waals surface area (Å²) < 4.78 is 9.95. The first-order valence-electron chi connectivity index (χ1n) is 30.3. The maximum absolute atomic E-state index is 12.4. The number of benzene rings is 4. The zero-order valence-corrected chi connectivity index (χ0v) is 54.0. The topological polar surface area (TPSA) is 260 Å². The summed E-state index contributed by atoms with van der Waals surface area (Å²) in [5.41, 5.74) is 8.72. The number of thiophene rings is 1. The number of pyridine rings is 3. The number of rotatable bonds is 7. The quantitative estimate of drug-likeness (QED) is 0.109. The predicted molar refractivity (Wildman–Crippen MR) is 359 cm³/mol. The summed E-state index contributed by atoms with van der Waals surface area (Å²) in [5.74, 6) is -1.82. The molecule has 4 saturated heterocycles. The van der Waals surface area contributed by atoms with E-state index in [0.717, 1.165) is 108 Å². The molecule has 23 heteroatoms. The molecule has 464 valence electrons. The van der Waals surface area contributed by atoms with Crippen LogP contribution in [0.2, 0.25) is 0 Å². The number of aryl methyl sites for hydroxylation is 2. The Morgan fingerprint density at radius 2 is 0.880 bits per heavy atom. The van der Waals surface area contributed by atoms with E-state index in [4.69, 9.17) is 4.98 Å². The van der Waals surface area contributed by atoms with Crippen LogP contribution in [0.3, 0.4) is 0 Å². The number of carbonyl (C=O) groups excluding carboxylic acids is 9. The molecule has 4 unspecified atom stereocenters. The van der Waals surface area contributed by atoms with Gasteiger partial charge in [-0.15, -0.1) is 11.3 Å². The number of amides is 8. The lowest BCUT2D eigenvalue weighted by atomic mass is 10.1. The van der Waals surface area contributed by atoms with Gasteiger partial charge in [0.05, 0.1) is 27.8 Å². The van der Waals surface area contributed by atoms with Crippen molar-refractivity contribution in [2.75, 3.05) is 0 Å². The highest BCUT2D eigenvalue weighted by Crippen LogP contribution is 2.43. The highest BCUT2D eigenvalue weighted by Gasteiger charge is 2.35. The van der Waals surface area contributed by atoms with Gasteiger partial charge in [-0.2, -0.15) is 0 Å². The zero-order valence-electron chi connectivity index (χ0n) is 50.1. The summed E-state index contributed by atoms with van der Waals surface area (Å²) in [6.07, 6.45) is 4.49. The van der Waals surface area contributed by atoms with Gasteiger partial charge in [0.25, 0.3) is 0 Å². The molecule has 4 aromatic carbocycles. The Hall–Kier alpha value is -9.58. The van der Waals surface area contributed by atoms with E-state index in [1.165, 1.54) is 6.92 Å². The molecule has 20 nitrogen and oxygen atoms in total. The smallest absolute Gasteiger partial charge is 0.249 e. The van der Waals surface area contributed by atoms with E-state index in [2.05, 4.69) is 86.7 Å². The minimum absolute atomic E-state index is 0.0375. The number of para-hydroxylation sites is 3. The van der Waals surface area contributed by atoms with E-state index >= 15 is 0 Å². The second kappa shape index (κ2) is 25.2. The van der Waals surface area contributed by atoms with E-state index in [9.17, 15) is 43.2 Å². The van der Waals surface area contributed by atoms with Crippen LogP contribution in [0, 0.1) is 6.92 Å². The largest absolute Gasteiger partial charge is 0.320 e. The molecule has 8 amide bonds. The Kier molecular flexibility index (Phi) is 16.8. The molecule has 0 bridgehead atoms. The summed E-state index contributed by atoms with van der Waals surface area (Å²) in [6, 6.07) is 40.2. The molecule has 4 fully saturated rings. The molecule has 0 aliphatic carbocycles. The van der Waals surface area contributed by atoms with Crippen LogP contribution in [0.5, 0.6) is 0 Å². The lowest BCUT2D eigenvalue weighted by molar-refractivity contribution is -0.137. The van der Waals surface area contributed by atoms with Gasteiger partial charge in [-0.3, -0.25) is 64.4 Å². The summed E-state index contributed by atoms with van der Waals surface area (Å²) in [5, 5.41) is 20.2. The fourth-order valence-corrected chi connectivity index (χ4v) is 15.3. The van der Waals surface area contributed by atoms with Gasteiger partial charge in [0, 0.05) is 101 Å². The average Bonchev–Trinajstić information content (AvgIpc) is 1.62. The Labute approximate surface area is 545 Å². The molecule has 12 heterocycles. The minimum atomic E-state index is -0.486. The fraction of sp³-hybridized carbons (Fsp3) is 0.246. The second-order valence-corrected chi connectivity index (χ2v) is 25.9. The van der Waals surface area contributed by atoms with E-state index in [1.807, 2.05) is 141 Å². The molecule has 4 atom stereocenters. The summed E-state index contributed by atoms with van der Waals surface area (Å²) >= 11 is 8.71. The van der Waals surface area contributed by atoms with Gasteiger partial charge in [0.1, 0.15) is 51.7 Å². The van der Waals surface area contributed by atoms with Crippen LogP contribution in [0.25, 0.3) is 86.9 Å². The van der Waals surface area contributed by atoms with E-state index < -0.39 is 18.1 Å². The molecule has 0 radical (unpaired) electrons. The van der Waals surface area contributed by atoms with Crippen molar-refractivity contribution in [2.45, 2.75) is 109 Å². The number of piperidine rings is 4. The number of aromatic nitrogens is 7. The number of nitrogens with one attached hydrogen (secondary N) is 4. The number of imide groups is 4. The third-order valence-corrected chi connectivity index (χ3v) is 19.6. The number of ketones is 1. The van der Waals surface area contributed by atoms with Crippen molar-refractivity contribution in [1.82, 2.24) is 54.5 Å². The normalized spacial score (nSPS) is 18.6. The van der Waals surface area contributed by atoms with Gasteiger partial charge in [-0.25, -0.2) is 15.0 Å². The van der Waals surface area contributed by atoms with Crippen LogP contribution in [-0.2, 0) is 56.0 Å². The van der Waals surface area contributed by atoms with E-state index in [-0.39, 0.29) is 65.5 Å². The molecule has 4 N–H and O–H groups in total. The maximum atomic E-state index is 12.4. The number of fused-ring (bicyclic) bond motifs is 12. The fourth-order valence-electron chi connectivity index (χ4n) is 13.1. The third-order valence-electron chi connectivity index (χ3n) is 17.2. The van der Waals surface area contributed by atoms with Crippen LogP contribution >= 0.6 is 43.2 Å². The van der Waals surface area contributed by atoms with Gasteiger partial charge in [0.15, 0.2) is 0 Å². The molecule has 92 heavy (non-hydrogen) atoms. The Morgan fingerprint density at radius 3 is 1.36 bits per heavy atom. The second-order valence-electron chi connectivity index (χ2n) is 23.2. The molecular formula is C69H59Br2N11O9S. The van der Waals surface area contributed by atoms with E-state index in [1.54, 1.807) is 11.3 Å². The summed E-state index contributed by atoms with van der Waals surface area (Å²) in [6.45, 7) is 5.52. The van der Waals surface area contributed by atoms with Crippen molar-refractivity contribution in [3.8, 4) is 0 Å². The lowest BCUT2D eigenvalue weighted by Gasteiger charge is -2.23. The SMILES string of the molecule is CC(=O)Cc1ccc2c3ccccc3n(C3CCC(=O)NC3=O)c2n1.CCc1ccc2c3ccccc3n(C3CCC(=O)NC3=O)c2n1.Cc1ccc2c3cc(Br)ccc3n(C3CCC(=O)NC3=O)c2n1.O=C1CCC(n2c3ccccc3c3c(Br)csc32)C(=O)N1. The van der Waals surface area contributed by atoms with Gasteiger partial charge in [-0.05, 0) is 135 Å². The zero-order chi connectivity index (χ0) is 64.2. The highest BCUT2D eigenvalue weighted by molar-refractivity contribution is 9.11. The number of hydrogen-bond acceptors (Lipinski definition) is 13. The number of nitrogens with zero attached hydrogens (tertiary/aromatic N) is 7. The van der Waals surface area contributed by atoms with Crippen molar-refractivity contribution in [1.29, 1.82) is 0 Å². The Bertz CT molecular complexity index is 5120. The number of halogens is 2. The van der Waals surface area contributed by atoms with E-state index in [0.29, 0.717) is 62.7 Å². The number of hydrogen-bond donors (Lipinski definition) is 4. The Balaban J connectivity index is 0.000000112.